The van der Waals surface area contributed by atoms with Gasteiger partial charge in [-0.25, -0.2) is 0 Å². The second kappa shape index (κ2) is 6.04. The summed E-state index contributed by atoms with van der Waals surface area (Å²) in [5, 5.41) is 9.00. The first kappa shape index (κ1) is 16.9. The summed E-state index contributed by atoms with van der Waals surface area (Å²) in [6.45, 7) is 0. The van der Waals surface area contributed by atoms with Gasteiger partial charge in [-0.2, -0.15) is 13.2 Å². The molecule has 1 saturated carbocycles. The van der Waals surface area contributed by atoms with Gasteiger partial charge in [0.05, 0.1) is 11.5 Å². The quantitative estimate of drug-likeness (QED) is 0.836. The maximum Gasteiger partial charge on any atom is 0.416 e. The minimum atomic E-state index is -4.33. The lowest BCUT2D eigenvalue weighted by Gasteiger charge is -2.16. The summed E-state index contributed by atoms with van der Waals surface area (Å²) in [5.74, 6) is -0.365. The molecule has 2 aromatic rings. The lowest BCUT2D eigenvalue weighted by atomic mass is 10.1. The number of halogens is 3. The fourth-order valence-corrected chi connectivity index (χ4v) is 3.67. The largest absolute Gasteiger partial charge is 0.486 e. The molecule has 1 fully saturated rings. The van der Waals surface area contributed by atoms with Crippen molar-refractivity contribution in [2.75, 3.05) is 0 Å². The number of alkyl halides is 3. The van der Waals surface area contributed by atoms with Gasteiger partial charge in [0.25, 0.3) is 0 Å². The summed E-state index contributed by atoms with van der Waals surface area (Å²) >= 11 is 0. The zero-order valence-electron chi connectivity index (χ0n) is 13.8. The van der Waals surface area contributed by atoms with E-state index in [4.69, 9.17) is 9.84 Å². The molecule has 0 spiro atoms. The average Bonchev–Trinajstić information content (AvgIpc) is 3.31. The number of benzene rings is 2. The Bertz CT molecular complexity index is 842. The Morgan fingerprint density at radius 1 is 1.12 bits per heavy atom. The van der Waals surface area contributed by atoms with E-state index >= 15 is 0 Å². The molecule has 0 radical (unpaired) electrons. The Balaban J connectivity index is 1.46. The number of hydrogen-bond donors (Lipinski definition) is 1. The number of fused-ring (bicyclic) bond motifs is 1. The number of carboxylic acid groups (broad SMARTS) is 1. The molecule has 0 heterocycles. The summed E-state index contributed by atoms with van der Waals surface area (Å²) < 4.78 is 44.4. The molecule has 2 aliphatic rings. The molecule has 136 valence electrons. The molecular formula is C20H17F3O3. The van der Waals surface area contributed by atoms with Gasteiger partial charge in [0.15, 0.2) is 0 Å². The van der Waals surface area contributed by atoms with Crippen molar-refractivity contribution in [3.63, 3.8) is 0 Å². The van der Waals surface area contributed by atoms with E-state index in [9.17, 15) is 18.0 Å². The predicted molar refractivity (Wildman–Crippen MR) is 88.1 cm³/mol. The van der Waals surface area contributed by atoms with Gasteiger partial charge in [-0.1, -0.05) is 18.2 Å². The molecular weight excluding hydrogens is 345 g/mol. The zero-order chi connectivity index (χ0) is 18.5. The fourth-order valence-electron chi connectivity index (χ4n) is 3.67. The van der Waals surface area contributed by atoms with Crippen LogP contribution < -0.4 is 4.74 Å². The maximum absolute atomic E-state index is 12.8. The van der Waals surface area contributed by atoms with Gasteiger partial charge in [-0.05, 0) is 66.1 Å². The molecule has 0 aliphatic heterocycles. The predicted octanol–water partition coefficient (Wildman–Crippen LogP) is 4.96. The Kier molecular flexibility index (Phi) is 3.93. The van der Waals surface area contributed by atoms with Crippen molar-refractivity contribution in [1.82, 2.24) is 0 Å². The SMILES string of the molecule is O=C(O)C1CC1c1ccc(OC2CCc3cc(C(F)(F)F)ccc32)cc1. The Morgan fingerprint density at radius 2 is 1.85 bits per heavy atom. The van der Waals surface area contributed by atoms with Crippen LogP contribution in [0.2, 0.25) is 0 Å². The van der Waals surface area contributed by atoms with Crippen LogP contribution in [0.5, 0.6) is 5.75 Å². The van der Waals surface area contributed by atoms with Gasteiger partial charge in [0, 0.05) is 0 Å². The van der Waals surface area contributed by atoms with Crippen LogP contribution in [0, 0.1) is 5.92 Å². The van der Waals surface area contributed by atoms with Crippen LogP contribution in [0.25, 0.3) is 0 Å². The second-order valence-corrected chi connectivity index (χ2v) is 6.91. The van der Waals surface area contributed by atoms with Gasteiger partial charge in [0.1, 0.15) is 11.9 Å². The molecule has 0 amide bonds. The summed E-state index contributed by atoms with van der Waals surface area (Å²) in [6.07, 6.45) is -2.73. The van der Waals surface area contributed by atoms with E-state index in [0.29, 0.717) is 30.6 Å². The molecule has 3 nitrogen and oxygen atoms in total. The van der Waals surface area contributed by atoms with Crippen molar-refractivity contribution in [2.45, 2.75) is 37.5 Å². The minimum Gasteiger partial charge on any atom is -0.486 e. The third-order valence-electron chi connectivity index (χ3n) is 5.19. The normalized spacial score (nSPS) is 24.2. The monoisotopic (exact) mass is 362 g/mol. The number of aryl methyl sites for hydroxylation is 1. The van der Waals surface area contributed by atoms with E-state index in [0.717, 1.165) is 17.2 Å². The van der Waals surface area contributed by atoms with Gasteiger partial charge in [-0.3, -0.25) is 4.79 Å². The average molecular weight is 362 g/mol. The van der Waals surface area contributed by atoms with E-state index in [-0.39, 0.29) is 17.9 Å². The number of hydrogen-bond acceptors (Lipinski definition) is 2. The number of rotatable bonds is 4. The molecule has 3 unspecified atom stereocenters. The van der Waals surface area contributed by atoms with Gasteiger partial charge in [-0.15, -0.1) is 0 Å². The Morgan fingerprint density at radius 3 is 2.46 bits per heavy atom. The van der Waals surface area contributed by atoms with Gasteiger partial charge in [0.2, 0.25) is 0 Å². The van der Waals surface area contributed by atoms with E-state index in [1.165, 1.54) is 12.1 Å². The number of ether oxygens (including phenoxy) is 1. The summed E-state index contributed by atoms with van der Waals surface area (Å²) in [7, 11) is 0. The van der Waals surface area contributed by atoms with Gasteiger partial charge >= 0.3 is 12.1 Å². The molecule has 0 saturated heterocycles. The van der Waals surface area contributed by atoms with Crippen molar-refractivity contribution in [2.24, 2.45) is 5.92 Å². The number of aliphatic carboxylic acids is 1. The molecule has 6 heteroatoms. The molecule has 4 rings (SSSR count). The highest BCUT2D eigenvalue weighted by Gasteiger charge is 2.44. The van der Waals surface area contributed by atoms with Crippen molar-refractivity contribution in [1.29, 1.82) is 0 Å². The number of carboxylic acids is 1. The first-order valence-electron chi connectivity index (χ1n) is 8.52. The summed E-state index contributed by atoms with van der Waals surface area (Å²) in [5.41, 5.74) is 1.84. The highest BCUT2D eigenvalue weighted by Crippen LogP contribution is 2.48. The number of carbonyl (C=O) groups is 1. The van der Waals surface area contributed by atoms with Crippen molar-refractivity contribution in [3.8, 4) is 5.75 Å². The van der Waals surface area contributed by atoms with Crippen molar-refractivity contribution >= 4 is 5.97 Å². The third kappa shape index (κ3) is 3.16. The van der Waals surface area contributed by atoms with Crippen LogP contribution in [0.1, 0.15) is 47.1 Å². The maximum atomic E-state index is 12.8. The van der Waals surface area contributed by atoms with Crippen molar-refractivity contribution in [3.05, 3.63) is 64.7 Å². The molecule has 2 aliphatic carbocycles. The summed E-state index contributed by atoms with van der Waals surface area (Å²) in [4.78, 5) is 11.0. The van der Waals surface area contributed by atoms with E-state index in [1.54, 1.807) is 12.1 Å². The second-order valence-electron chi connectivity index (χ2n) is 6.91. The smallest absolute Gasteiger partial charge is 0.416 e. The van der Waals surface area contributed by atoms with Crippen LogP contribution in [-0.4, -0.2) is 11.1 Å². The summed E-state index contributed by atoms with van der Waals surface area (Å²) in [6, 6.07) is 11.1. The molecule has 0 bridgehead atoms. The Hall–Kier alpha value is -2.50. The van der Waals surface area contributed by atoms with E-state index in [2.05, 4.69) is 0 Å². The van der Waals surface area contributed by atoms with Crippen LogP contribution in [-0.2, 0) is 17.4 Å². The first-order chi connectivity index (χ1) is 12.3. The molecule has 26 heavy (non-hydrogen) atoms. The highest BCUT2D eigenvalue weighted by atomic mass is 19.4. The molecule has 2 aromatic carbocycles. The third-order valence-corrected chi connectivity index (χ3v) is 5.19. The fraction of sp³-hybridized carbons (Fsp3) is 0.350. The molecule has 1 N–H and O–H groups in total. The standard InChI is InChI=1S/C20H17F3O3/c21-20(22,23)13-4-7-15-12(9-13)3-8-18(15)26-14-5-1-11(2-6-14)16-10-17(16)19(24)25/h1-2,4-7,9,16-18H,3,8,10H2,(H,24,25). The highest BCUT2D eigenvalue weighted by molar-refractivity contribution is 5.75. The Labute approximate surface area is 148 Å². The van der Waals surface area contributed by atoms with E-state index in [1.807, 2.05) is 12.1 Å². The van der Waals surface area contributed by atoms with Crippen molar-refractivity contribution < 1.29 is 27.8 Å². The lowest BCUT2D eigenvalue weighted by molar-refractivity contribution is -0.139. The van der Waals surface area contributed by atoms with Crippen LogP contribution in [0.4, 0.5) is 13.2 Å². The zero-order valence-corrected chi connectivity index (χ0v) is 13.8. The van der Waals surface area contributed by atoms with Crippen LogP contribution in [0.15, 0.2) is 42.5 Å². The minimum absolute atomic E-state index is 0.0644. The van der Waals surface area contributed by atoms with E-state index < -0.39 is 17.7 Å². The first-order valence-corrected chi connectivity index (χ1v) is 8.52. The molecule has 0 aromatic heterocycles. The van der Waals surface area contributed by atoms with Crippen LogP contribution in [0.3, 0.4) is 0 Å². The lowest BCUT2D eigenvalue weighted by Crippen LogP contribution is -2.07. The molecule has 3 atom stereocenters. The van der Waals surface area contributed by atoms with Gasteiger partial charge < -0.3 is 9.84 Å². The van der Waals surface area contributed by atoms with Crippen LogP contribution >= 0.6 is 0 Å². The topological polar surface area (TPSA) is 46.5 Å².